The number of carbonyl (C=O) groups is 1. The fourth-order valence-corrected chi connectivity index (χ4v) is 1.84. The van der Waals surface area contributed by atoms with E-state index in [-0.39, 0.29) is 6.09 Å². The summed E-state index contributed by atoms with van der Waals surface area (Å²) >= 11 is 0. The number of carbonyl (C=O) groups excluding carboxylic acids is 1. The van der Waals surface area contributed by atoms with E-state index in [1.165, 1.54) is 6.20 Å². The third kappa shape index (κ3) is 3.12. The molecule has 0 atom stereocenters. The number of ether oxygens (including phenoxy) is 1. The highest BCUT2D eigenvalue weighted by atomic mass is 16.6. The number of aromatic nitrogens is 2. The first-order chi connectivity index (χ1) is 9.76. The Labute approximate surface area is 118 Å². The van der Waals surface area contributed by atoms with Crippen molar-refractivity contribution in [1.82, 2.24) is 14.9 Å². The fourth-order valence-electron chi connectivity index (χ4n) is 1.84. The molecule has 2 rings (SSSR count). The van der Waals surface area contributed by atoms with E-state index in [0.29, 0.717) is 18.8 Å². The van der Waals surface area contributed by atoms with Crippen molar-refractivity contribution >= 4 is 6.09 Å². The zero-order valence-electron chi connectivity index (χ0n) is 11.6. The lowest BCUT2D eigenvalue weighted by Crippen LogP contribution is -2.33. The topological polar surface area (TPSA) is 55.3 Å². The standard InChI is InChI=1S/C15H17N3O2/c1-3-18(4-2)15(19)20-14-11-16-10-8-12(14)13-7-5-6-9-17-13/h5-11H,3-4H2,1-2H3. The van der Waals surface area contributed by atoms with Crippen LogP contribution < -0.4 is 4.74 Å². The van der Waals surface area contributed by atoms with Crippen molar-refractivity contribution in [1.29, 1.82) is 0 Å². The third-order valence-corrected chi connectivity index (χ3v) is 2.94. The van der Waals surface area contributed by atoms with Crippen LogP contribution in [-0.4, -0.2) is 34.1 Å². The summed E-state index contributed by atoms with van der Waals surface area (Å²) < 4.78 is 5.43. The Morgan fingerprint density at radius 2 is 2.00 bits per heavy atom. The molecule has 0 aliphatic carbocycles. The smallest absolute Gasteiger partial charge is 0.408 e. The molecule has 0 N–H and O–H groups in total. The molecule has 0 unspecified atom stereocenters. The van der Waals surface area contributed by atoms with Gasteiger partial charge in [0.25, 0.3) is 0 Å². The molecule has 0 aliphatic heterocycles. The van der Waals surface area contributed by atoms with Crippen LogP contribution in [0.25, 0.3) is 11.3 Å². The van der Waals surface area contributed by atoms with Gasteiger partial charge in [-0.2, -0.15) is 0 Å². The summed E-state index contributed by atoms with van der Waals surface area (Å²) in [5.74, 6) is 0.420. The Morgan fingerprint density at radius 3 is 2.65 bits per heavy atom. The van der Waals surface area contributed by atoms with Crippen molar-refractivity contribution in [2.24, 2.45) is 0 Å². The summed E-state index contributed by atoms with van der Waals surface area (Å²) in [6.45, 7) is 5.03. The maximum absolute atomic E-state index is 12.0. The van der Waals surface area contributed by atoms with Crippen LogP contribution in [0.3, 0.4) is 0 Å². The molecule has 5 heteroatoms. The SMILES string of the molecule is CCN(CC)C(=O)Oc1cnccc1-c1ccccn1. The molecule has 2 aromatic rings. The number of rotatable bonds is 4. The van der Waals surface area contributed by atoms with Gasteiger partial charge in [-0.3, -0.25) is 9.97 Å². The number of amides is 1. The summed E-state index contributed by atoms with van der Waals surface area (Å²) in [6, 6.07) is 7.38. The maximum atomic E-state index is 12.0. The number of hydrogen-bond donors (Lipinski definition) is 0. The molecule has 0 aromatic carbocycles. The van der Waals surface area contributed by atoms with Crippen LogP contribution in [0, 0.1) is 0 Å². The van der Waals surface area contributed by atoms with Gasteiger partial charge in [0, 0.05) is 31.0 Å². The summed E-state index contributed by atoms with van der Waals surface area (Å²) in [5.41, 5.74) is 1.50. The van der Waals surface area contributed by atoms with Gasteiger partial charge >= 0.3 is 6.09 Å². The minimum absolute atomic E-state index is 0.375. The zero-order chi connectivity index (χ0) is 14.4. The van der Waals surface area contributed by atoms with Crippen LogP contribution in [0.15, 0.2) is 42.9 Å². The Balaban J connectivity index is 2.27. The van der Waals surface area contributed by atoms with Crippen molar-refractivity contribution in [3.8, 4) is 17.0 Å². The van der Waals surface area contributed by atoms with Crippen LogP contribution in [0.5, 0.6) is 5.75 Å². The second-order valence-corrected chi connectivity index (χ2v) is 4.13. The van der Waals surface area contributed by atoms with Gasteiger partial charge < -0.3 is 9.64 Å². The second-order valence-electron chi connectivity index (χ2n) is 4.13. The lowest BCUT2D eigenvalue weighted by Gasteiger charge is -2.18. The molecule has 2 heterocycles. The largest absolute Gasteiger partial charge is 0.415 e. The van der Waals surface area contributed by atoms with Gasteiger partial charge in [-0.25, -0.2) is 4.79 Å². The van der Waals surface area contributed by atoms with Gasteiger partial charge in [0.15, 0.2) is 5.75 Å². The molecule has 0 saturated heterocycles. The van der Waals surface area contributed by atoms with E-state index in [2.05, 4.69) is 9.97 Å². The van der Waals surface area contributed by atoms with Crippen LogP contribution in [0.1, 0.15) is 13.8 Å². The van der Waals surface area contributed by atoms with Gasteiger partial charge in [-0.15, -0.1) is 0 Å². The fraction of sp³-hybridized carbons (Fsp3) is 0.267. The van der Waals surface area contributed by atoms with Gasteiger partial charge in [-0.05, 0) is 32.0 Å². The normalized spacial score (nSPS) is 10.1. The number of nitrogens with zero attached hydrogens (tertiary/aromatic N) is 3. The van der Waals surface area contributed by atoms with E-state index in [1.54, 1.807) is 23.4 Å². The molecule has 0 radical (unpaired) electrons. The van der Waals surface area contributed by atoms with Gasteiger partial charge in [0.1, 0.15) is 0 Å². The van der Waals surface area contributed by atoms with Gasteiger partial charge in [0.2, 0.25) is 0 Å². The van der Waals surface area contributed by atoms with Crippen molar-refractivity contribution in [2.45, 2.75) is 13.8 Å². The molecule has 5 nitrogen and oxygen atoms in total. The lowest BCUT2D eigenvalue weighted by molar-refractivity contribution is 0.157. The number of hydrogen-bond acceptors (Lipinski definition) is 4. The number of pyridine rings is 2. The molecule has 0 bridgehead atoms. The summed E-state index contributed by atoms with van der Waals surface area (Å²) in [7, 11) is 0. The lowest BCUT2D eigenvalue weighted by atomic mass is 10.1. The molecule has 2 aromatic heterocycles. The van der Waals surface area contributed by atoms with E-state index in [9.17, 15) is 4.79 Å². The third-order valence-electron chi connectivity index (χ3n) is 2.94. The zero-order valence-corrected chi connectivity index (χ0v) is 11.6. The summed E-state index contributed by atoms with van der Waals surface area (Å²) in [5, 5.41) is 0. The molecule has 104 valence electrons. The molecule has 1 amide bonds. The second kappa shape index (κ2) is 6.65. The molecule has 0 spiro atoms. The van der Waals surface area contributed by atoms with E-state index in [0.717, 1.165) is 11.3 Å². The van der Waals surface area contributed by atoms with Crippen molar-refractivity contribution in [3.05, 3.63) is 42.9 Å². The molecule has 20 heavy (non-hydrogen) atoms. The Kier molecular flexibility index (Phi) is 4.65. The van der Waals surface area contributed by atoms with E-state index >= 15 is 0 Å². The van der Waals surface area contributed by atoms with Crippen molar-refractivity contribution in [2.75, 3.05) is 13.1 Å². The quantitative estimate of drug-likeness (QED) is 0.857. The summed E-state index contributed by atoms with van der Waals surface area (Å²) in [4.78, 5) is 21.9. The van der Waals surface area contributed by atoms with E-state index in [1.807, 2.05) is 32.0 Å². The first kappa shape index (κ1) is 14.0. The van der Waals surface area contributed by atoms with Crippen LogP contribution in [0.4, 0.5) is 4.79 Å². The van der Waals surface area contributed by atoms with Crippen LogP contribution in [-0.2, 0) is 0 Å². The maximum Gasteiger partial charge on any atom is 0.415 e. The highest BCUT2D eigenvalue weighted by Gasteiger charge is 2.15. The van der Waals surface area contributed by atoms with Gasteiger partial charge in [-0.1, -0.05) is 6.07 Å². The molecular weight excluding hydrogens is 254 g/mol. The highest BCUT2D eigenvalue weighted by molar-refractivity contribution is 5.75. The minimum Gasteiger partial charge on any atom is -0.408 e. The molecule has 0 aliphatic rings. The highest BCUT2D eigenvalue weighted by Crippen LogP contribution is 2.27. The first-order valence-corrected chi connectivity index (χ1v) is 6.58. The minimum atomic E-state index is -0.375. The monoisotopic (exact) mass is 271 g/mol. The van der Waals surface area contributed by atoms with Gasteiger partial charge in [0.05, 0.1) is 11.9 Å². The van der Waals surface area contributed by atoms with E-state index in [4.69, 9.17) is 4.74 Å². The predicted molar refractivity (Wildman–Crippen MR) is 76.4 cm³/mol. The van der Waals surface area contributed by atoms with Crippen molar-refractivity contribution < 1.29 is 9.53 Å². The van der Waals surface area contributed by atoms with E-state index < -0.39 is 0 Å². The Hall–Kier alpha value is -2.43. The average Bonchev–Trinajstić information content (AvgIpc) is 2.50. The Bertz CT molecular complexity index is 568. The Morgan fingerprint density at radius 1 is 1.20 bits per heavy atom. The predicted octanol–water partition coefficient (Wildman–Crippen LogP) is 2.98. The molecule has 0 fully saturated rings. The first-order valence-electron chi connectivity index (χ1n) is 6.58. The molecule has 0 saturated carbocycles. The van der Waals surface area contributed by atoms with Crippen LogP contribution >= 0.6 is 0 Å². The van der Waals surface area contributed by atoms with Crippen LogP contribution in [0.2, 0.25) is 0 Å². The molecular formula is C15H17N3O2. The average molecular weight is 271 g/mol. The summed E-state index contributed by atoms with van der Waals surface area (Å²) in [6.07, 6.45) is 4.51. The van der Waals surface area contributed by atoms with Crippen molar-refractivity contribution in [3.63, 3.8) is 0 Å².